The van der Waals surface area contributed by atoms with Crippen LogP contribution in [0.25, 0.3) is 11.0 Å². The van der Waals surface area contributed by atoms with Gasteiger partial charge in [-0.25, -0.2) is 9.97 Å². The Morgan fingerprint density at radius 1 is 1.50 bits per heavy atom. The van der Waals surface area contributed by atoms with Crippen LogP contribution in [0.4, 0.5) is 11.5 Å². The molecular weight excluding hydrogens is 202 g/mol. The fourth-order valence-corrected chi connectivity index (χ4v) is 1.79. The van der Waals surface area contributed by atoms with E-state index in [1.54, 1.807) is 12.5 Å². The monoisotopic (exact) mass is 217 g/mol. The Morgan fingerprint density at radius 3 is 2.88 bits per heavy atom. The summed E-state index contributed by atoms with van der Waals surface area (Å²) in [6, 6.07) is 0. The molecule has 1 N–H and O–H groups in total. The van der Waals surface area contributed by atoms with E-state index in [2.05, 4.69) is 20.3 Å². The van der Waals surface area contributed by atoms with Crippen molar-refractivity contribution in [3.8, 4) is 0 Å². The molecule has 0 saturated carbocycles. The maximum absolute atomic E-state index is 4.45. The first-order valence-electron chi connectivity index (χ1n) is 5.17. The minimum absolute atomic E-state index is 0.795. The molecule has 0 aliphatic heterocycles. The molecule has 0 saturated heterocycles. The van der Waals surface area contributed by atoms with Crippen molar-refractivity contribution in [2.75, 3.05) is 12.4 Å². The molecule has 2 aromatic rings. The van der Waals surface area contributed by atoms with Crippen LogP contribution in [0.15, 0.2) is 11.3 Å². The number of anilines is 1. The molecule has 5 nitrogen and oxygen atoms in total. The van der Waals surface area contributed by atoms with Crippen molar-refractivity contribution in [2.45, 2.75) is 13.8 Å². The van der Waals surface area contributed by atoms with Crippen LogP contribution in [0.2, 0.25) is 0 Å². The number of imidazole rings is 1. The Balaban J connectivity index is 2.89. The fraction of sp³-hybridized carbons (Fsp3) is 0.364. The van der Waals surface area contributed by atoms with Gasteiger partial charge in [0, 0.05) is 20.3 Å². The van der Waals surface area contributed by atoms with Gasteiger partial charge in [0.2, 0.25) is 0 Å². The predicted molar refractivity (Wildman–Crippen MR) is 66.6 cm³/mol. The van der Waals surface area contributed by atoms with Crippen molar-refractivity contribution < 1.29 is 0 Å². The summed E-state index contributed by atoms with van der Waals surface area (Å²) < 4.78 is 1.97. The van der Waals surface area contributed by atoms with Crippen LogP contribution < -0.4 is 5.32 Å². The van der Waals surface area contributed by atoms with E-state index in [9.17, 15) is 0 Å². The van der Waals surface area contributed by atoms with Crippen molar-refractivity contribution in [3.05, 3.63) is 12.0 Å². The van der Waals surface area contributed by atoms with Gasteiger partial charge in [-0.05, 0) is 13.8 Å². The third kappa shape index (κ3) is 1.44. The Hall–Kier alpha value is -1.91. The average Bonchev–Trinajstić information content (AvgIpc) is 2.65. The minimum Gasteiger partial charge on any atom is -0.371 e. The summed E-state index contributed by atoms with van der Waals surface area (Å²) in [6.07, 6.45) is 3.55. The van der Waals surface area contributed by atoms with Crippen molar-refractivity contribution >= 4 is 28.8 Å². The zero-order valence-electron chi connectivity index (χ0n) is 9.94. The average molecular weight is 217 g/mol. The lowest BCUT2D eigenvalue weighted by molar-refractivity contribution is 0.946. The van der Waals surface area contributed by atoms with Crippen LogP contribution in [0.5, 0.6) is 0 Å². The molecule has 0 aromatic carbocycles. The van der Waals surface area contributed by atoms with Gasteiger partial charge in [0.05, 0.1) is 17.5 Å². The maximum Gasteiger partial charge on any atom is 0.154 e. The summed E-state index contributed by atoms with van der Waals surface area (Å²) in [7, 11) is 3.81. The van der Waals surface area contributed by atoms with Gasteiger partial charge in [0.15, 0.2) is 5.82 Å². The largest absolute Gasteiger partial charge is 0.371 e. The van der Waals surface area contributed by atoms with E-state index < -0.39 is 0 Å². The molecule has 0 atom stereocenters. The second-order valence-corrected chi connectivity index (χ2v) is 3.58. The Morgan fingerprint density at radius 2 is 2.25 bits per heavy atom. The molecule has 0 radical (unpaired) electrons. The fourth-order valence-electron chi connectivity index (χ4n) is 1.79. The van der Waals surface area contributed by atoms with Gasteiger partial charge in [0.25, 0.3) is 0 Å². The highest BCUT2D eigenvalue weighted by Crippen LogP contribution is 2.31. The van der Waals surface area contributed by atoms with E-state index in [1.165, 1.54) is 0 Å². The van der Waals surface area contributed by atoms with E-state index in [0.29, 0.717) is 0 Å². The van der Waals surface area contributed by atoms with Crippen molar-refractivity contribution in [1.29, 1.82) is 0 Å². The number of aromatic nitrogens is 3. The van der Waals surface area contributed by atoms with Gasteiger partial charge in [-0.3, -0.25) is 4.99 Å². The van der Waals surface area contributed by atoms with Crippen LogP contribution in [0.3, 0.4) is 0 Å². The number of hydrogen-bond acceptors (Lipinski definition) is 4. The highest BCUT2D eigenvalue weighted by Gasteiger charge is 2.13. The minimum atomic E-state index is 0.795. The SMILES string of the molecule is CC=Nc1c(C)nc(NC)c2ncn(C)c12. The summed E-state index contributed by atoms with van der Waals surface area (Å²) in [6.45, 7) is 3.85. The van der Waals surface area contributed by atoms with E-state index in [4.69, 9.17) is 0 Å². The van der Waals surface area contributed by atoms with Crippen molar-refractivity contribution in [3.63, 3.8) is 0 Å². The van der Waals surface area contributed by atoms with Gasteiger partial charge < -0.3 is 9.88 Å². The molecule has 2 heterocycles. The number of aryl methyl sites for hydroxylation is 2. The molecule has 0 unspecified atom stereocenters. The van der Waals surface area contributed by atoms with E-state index >= 15 is 0 Å². The lowest BCUT2D eigenvalue weighted by Gasteiger charge is -2.07. The van der Waals surface area contributed by atoms with Crippen molar-refractivity contribution in [1.82, 2.24) is 14.5 Å². The molecule has 16 heavy (non-hydrogen) atoms. The third-order valence-corrected chi connectivity index (χ3v) is 2.50. The lowest BCUT2D eigenvalue weighted by atomic mass is 10.2. The zero-order chi connectivity index (χ0) is 11.7. The van der Waals surface area contributed by atoms with Crippen molar-refractivity contribution in [2.24, 2.45) is 12.0 Å². The molecular formula is C11H15N5. The number of nitrogens with one attached hydrogen (secondary N) is 1. The Kier molecular flexibility index (Phi) is 2.60. The number of aliphatic imine (C=N–C) groups is 1. The van der Waals surface area contributed by atoms with Gasteiger partial charge in [-0.2, -0.15) is 0 Å². The van der Waals surface area contributed by atoms with E-state index in [-0.39, 0.29) is 0 Å². The first-order valence-corrected chi connectivity index (χ1v) is 5.17. The first kappa shape index (κ1) is 10.6. The number of rotatable bonds is 2. The molecule has 0 aliphatic rings. The van der Waals surface area contributed by atoms with E-state index in [1.807, 2.05) is 32.5 Å². The number of pyridine rings is 1. The number of hydrogen-bond donors (Lipinski definition) is 1. The quantitative estimate of drug-likeness (QED) is 0.783. The molecule has 0 amide bonds. The molecule has 2 aromatic heterocycles. The Labute approximate surface area is 94.2 Å². The van der Waals surface area contributed by atoms with Gasteiger partial charge in [-0.1, -0.05) is 0 Å². The van der Waals surface area contributed by atoms with Gasteiger partial charge >= 0.3 is 0 Å². The number of nitrogens with zero attached hydrogens (tertiary/aromatic N) is 4. The summed E-state index contributed by atoms with van der Waals surface area (Å²) in [5.41, 5.74) is 3.65. The second kappa shape index (κ2) is 3.92. The third-order valence-electron chi connectivity index (χ3n) is 2.50. The molecule has 2 rings (SSSR count). The second-order valence-electron chi connectivity index (χ2n) is 3.58. The maximum atomic E-state index is 4.45. The lowest BCUT2D eigenvalue weighted by Crippen LogP contribution is -1.97. The van der Waals surface area contributed by atoms with Gasteiger partial charge in [0.1, 0.15) is 11.2 Å². The topological polar surface area (TPSA) is 55.1 Å². The summed E-state index contributed by atoms with van der Waals surface area (Å²) >= 11 is 0. The van der Waals surface area contributed by atoms with Crippen LogP contribution in [-0.2, 0) is 7.05 Å². The molecule has 0 aliphatic carbocycles. The summed E-state index contributed by atoms with van der Waals surface area (Å²) in [5.74, 6) is 0.795. The van der Waals surface area contributed by atoms with Crippen LogP contribution in [0.1, 0.15) is 12.6 Å². The Bertz CT molecular complexity index is 553. The molecule has 0 spiro atoms. The normalized spacial score (nSPS) is 11.5. The standard InChI is InChI=1S/C11H15N5/c1-5-13-8-7(2)15-11(12-3)9-10(8)16(4)6-14-9/h5-6H,1-4H3,(H,12,15). The highest BCUT2D eigenvalue weighted by atomic mass is 15.1. The smallest absolute Gasteiger partial charge is 0.154 e. The molecule has 0 bridgehead atoms. The predicted octanol–water partition coefficient (Wildman–Crippen LogP) is 2.04. The van der Waals surface area contributed by atoms with Crippen LogP contribution >= 0.6 is 0 Å². The van der Waals surface area contributed by atoms with Gasteiger partial charge in [-0.15, -0.1) is 0 Å². The van der Waals surface area contributed by atoms with E-state index in [0.717, 1.165) is 28.2 Å². The summed E-state index contributed by atoms with van der Waals surface area (Å²) in [4.78, 5) is 13.2. The zero-order valence-corrected chi connectivity index (χ0v) is 9.94. The molecule has 84 valence electrons. The first-order chi connectivity index (χ1) is 7.69. The number of fused-ring (bicyclic) bond motifs is 1. The van der Waals surface area contributed by atoms with Crippen LogP contribution in [0, 0.1) is 6.92 Å². The molecule has 5 heteroatoms. The summed E-state index contributed by atoms with van der Waals surface area (Å²) in [5, 5.41) is 3.05. The van der Waals surface area contributed by atoms with Crippen LogP contribution in [-0.4, -0.2) is 27.8 Å². The molecule has 0 fully saturated rings. The highest BCUT2D eigenvalue weighted by molar-refractivity contribution is 5.96.